The highest BCUT2D eigenvalue weighted by Crippen LogP contribution is 2.37. The van der Waals surface area contributed by atoms with Crippen LogP contribution in [0.1, 0.15) is 10.4 Å². The first kappa shape index (κ1) is 19.9. The number of hydrogen-bond donors (Lipinski definition) is 0. The number of hydrogen-bond acceptors (Lipinski definition) is 5. The molecule has 28 heavy (non-hydrogen) atoms. The van der Waals surface area contributed by atoms with Crippen LogP contribution in [0.25, 0.3) is 22.3 Å². The molecule has 3 rings (SSSR count). The van der Waals surface area contributed by atoms with Gasteiger partial charge in [-0.3, -0.25) is 10.1 Å². The van der Waals surface area contributed by atoms with Crippen molar-refractivity contribution in [1.29, 1.82) is 0 Å². The Labute approximate surface area is 171 Å². The lowest BCUT2D eigenvalue weighted by atomic mass is 9.94. The van der Waals surface area contributed by atoms with Crippen molar-refractivity contribution in [2.24, 2.45) is 0 Å². The molecular formula is C21H16ClNO4S. The number of non-ortho nitro benzene ring substituents is 1. The number of carbonyl (C=O) groups is 1. The molecule has 0 saturated carbocycles. The van der Waals surface area contributed by atoms with Crippen molar-refractivity contribution in [3.05, 3.63) is 81.4 Å². The van der Waals surface area contributed by atoms with Crippen molar-refractivity contribution < 1.29 is 14.5 Å². The number of halogens is 1. The first-order valence-electron chi connectivity index (χ1n) is 8.25. The topological polar surface area (TPSA) is 69.4 Å². The van der Waals surface area contributed by atoms with Crippen LogP contribution in [0.3, 0.4) is 0 Å². The molecule has 142 valence electrons. The molecule has 0 atom stereocenters. The highest BCUT2D eigenvalue weighted by Gasteiger charge is 2.20. The summed E-state index contributed by atoms with van der Waals surface area (Å²) in [6.07, 6.45) is 1.88. The number of methoxy groups -OCH3 is 1. The Morgan fingerprint density at radius 2 is 1.61 bits per heavy atom. The minimum atomic E-state index is -0.458. The minimum absolute atomic E-state index is 0.0117. The molecule has 3 aromatic rings. The number of nitro groups is 1. The van der Waals surface area contributed by atoms with Gasteiger partial charge in [0.2, 0.25) is 0 Å². The van der Waals surface area contributed by atoms with Crippen molar-refractivity contribution in [2.45, 2.75) is 4.90 Å². The summed E-state index contributed by atoms with van der Waals surface area (Å²) in [5.41, 5.74) is 3.61. The number of nitrogens with zero attached hydrogens (tertiary/aromatic N) is 1. The number of esters is 1. The van der Waals surface area contributed by atoms with E-state index in [0.29, 0.717) is 21.7 Å². The van der Waals surface area contributed by atoms with E-state index in [1.54, 1.807) is 24.3 Å². The molecule has 5 nitrogen and oxygen atoms in total. The Morgan fingerprint density at radius 1 is 1.00 bits per heavy atom. The second kappa shape index (κ2) is 8.46. The van der Waals surface area contributed by atoms with E-state index in [1.165, 1.54) is 31.0 Å². The Balaban J connectivity index is 2.24. The van der Waals surface area contributed by atoms with Crippen LogP contribution < -0.4 is 0 Å². The van der Waals surface area contributed by atoms with Crippen molar-refractivity contribution in [2.75, 3.05) is 13.4 Å². The lowest BCUT2D eigenvalue weighted by Gasteiger charge is -2.15. The van der Waals surface area contributed by atoms with Crippen LogP contribution in [0.2, 0.25) is 5.02 Å². The van der Waals surface area contributed by atoms with E-state index in [2.05, 4.69) is 0 Å². The fraction of sp³-hybridized carbons (Fsp3) is 0.0952. The van der Waals surface area contributed by atoms with E-state index in [-0.39, 0.29) is 5.69 Å². The third kappa shape index (κ3) is 4.03. The third-order valence-corrected chi connectivity index (χ3v) is 5.29. The summed E-state index contributed by atoms with van der Waals surface area (Å²) < 4.78 is 4.99. The zero-order valence-corrected chi connectivity index (χ0v) is 16.7. The number of carbonyl (C=O) groups excluding carboxylic acids is 1. The SMILES string of the molecule is COC(=O)c1c(SC)cc(-c2ccc(Cl)cc2)cc1-c1ccc([N+](=O)[O-])cc1. The normalized spacial score (nSPS) is 10.5. The molecule has 0 spiro atoms. The lowest BCUT2D eigenvalue weighted by molar-refractivity contribution is -0.384. The maximum Gasteiger partial charge on any atom is 0.339 e. The fourth-order valence-corrected chi connectivity index (χ4v) is 3.66. The van der Waals surface area contributed by atoms with E-state index in [4.69, 9.17) is 16.3 Å². The zero-order valence-electron chi connectivity index (χ0n) is 15.1. The van der Waals surface area contributed by atoms with Crippen molar-refractivity contribution in [1.82, 2.24) is 0 Å². The van der Waals surface area contributed by atoms with Gasteiger partial charge in [0.05, 0.1) is 17.6 Å². The van der Waals surface area contributed by atoms with Gasteiger partial charge in [-0.1, -0.05) is 23.7 Å². The fourth-order valence-electron chi connectivity index (χ4n) is 2.89. The van der Waals surface area contributed by atoms with Gasteiger partial charge in [-0.25, -0.2) is 4.79 Å². The number of thioether (sulfide) groups is 1. The molecule has 0 heterocycles. The molecule has 0 radical (unpaired) electrons. The van der Waals surface area contributed by atoms with Crippen LogP contribution in [-0.2, 0) is 4.74 Å². The molecule has 0 amide bonds. The summed E-state index contributed by atoms with van der Waals surface area (Å²) >= 11 is 7.42. The van der Waals surface area contributed by atoms with Gasteiger partial charge >= 0.3 is 5.97 Å². The number of ether oxygens (including phenoxy) is 1. The van der Waals surface area contributed by atoms with E-state index < -0.39 is 10.9 Å². The number of benzene rings is 3. The summed E-state index contributed by atoms with van der Waals surface area (Å²) in [6, 6.07) is 17.3. The second-order valence-corrected chi connectivity index (χ2v) is 7.19. The van der Waals surface area contributed by atoms with Crippen LogP contribution in [0.4, 0.5) is 5.69 Å². The van der Waals surface area contributed by atoms with Gasteiger partial charge in [0.25, 0.3) is 5.69 Å². The number of rotatable bonds is 5. The molecule has 0 fully saturated rings. The molecule has 0 aliphatic heterocycles. The monoisotopic (exact) mass is 413 g/mol. The molecule has 0 saturated heterocycles. The van der Waals surface area contributed by atoms with Gasteiger partial charge < -0.3 is 4.74 Å². The van der Waals surface area contributed by atoms with Crippen molar-refractivity contribution in [3.63, 3.8) is 0 Å². The lowest BCUT2D eigenvalue weighted by Crippen LogP contribution is -2.06. The predicted molar refractivity (Wildman–Crippen MR) is 112 cm³/mol. The van der Waals surface area contributed by atoms with Gasteiger partial charge in [-0.15, -0.1) is 11.8 Å². The summed E-state index contributed by atoms with van der Waals surface area (Å²) in [6.45, 7) is 0. The smallest absolute Gasteiger partial charge is 0.339 e. The van der Waals surface area contributed by atoms with Crippen LogP contribution in [0, 0.1) is 10.1 Å². The molecule has 0 aromatic heterocycles. The molecule has 7 heteroatoms. The molecule has 0 aliphatic carbocycles. The van der Waals surface area contributed by atoms with E-state index >= 15 is 0 Å². The average Bonchev–Trinajstić information content (AvgIpc) is 2.72. The van der Waals surface area contributed by atoms with Gasteiger partial charge in [-0.05, 0) is 64.9 Å². The summed E-state index contributed by atoms with van der Waals surface area (Å²) in [4.78, 5) is 23.7. The highest BCUT2D eigenvalue weighted by atomic mass is 35.5. The van der Waals surface area contributed by atoms with E-state index in [0.717, 1.165) is 16.0 Å². The van der Waals surface area contributed by atoms with Gasteiger partial charge in [0, 0.05) is 22.1 Å². The van der Waals surface area contributed by atoms with Gasteiger partial charge in [0.1, 0.15) is 0 Å². The third-order valence-electron chi connectivity index (χ3n) is 4.28. The Morgan fingerprint density at radius 3 is 2.14 bits per heavy atom. The van der Waals surface area contributed by atoms with Crippen molar-refractivity contribution >= 4 is 35.0 Å². The maximum absolute atomic E-state index is 12.5. The molecule has 0 bridgehead atoms. The van der Waals surface area contributed by atoms with Crippen LogP contribution >= 0.6 is 23.4 Å². The summed E-state index contributed by atoms with van der Waals surface area (Å²) in [5.74, 6) is -0.458. The molecule has 0 N–H and O–H groups in total. The zero-order chi connectivity index (χ0) is 20.3. The van der Waals surface area contributed by atoms with Gasteiger partial charge in [0.15, 0.2) is 0 Å². The standard InChI is InChI=1S/C21H16ClNO4S/c1-27-21(24)20-18(14-5-9-17(10-6-14)23(25)26)11-15(12-19(20)28-2)13-3-7-16(22)8-4-13/h3-12H,1-2H3. The largest absolute Gasteiger partial charge is 0.465 e. The molecular weight excluding hydrogens is 398 g/mol. The highest BCUT2D eigenvalue weighted by molar-refractivity contribution is 7.98. The Kier molecular flexibility index (Phi) is 6.02. The molecule has 0 aliphatic rings. The van der Waals surface area contributed by atoms with Crippen LogP contribution in [0.15, 0.2) is 65.6 Å². The minimum Gasteiger partial charge on any atom is -0.465 e. The van der Waals surface area contributed by atoms with E-state index in [1.807, 2.05) is 30.5 Å². The maximum atomic E-state index is 12.5. The second-order valence-electron chi connectivity index (χ2n) is 5.90. The van der Waals surface area contributed by atoms with Crippen molar-refractivity contribution in [3.8, 4) is 22.3 Å². The summed E-state index contributed by atoms with van der Waals surface area (Å²) in [5, 5.41) is 11.6. The average molecular weight is 414 g/mol. The number of nitro benzene ring substituents is 1. The van der Waals surface area contributed by atoms with Crippen LogP contribution in [0.5, 0.6) is 0 Å². The molecule has 0 unspecified atom stereocenters. The Bertz CT molecular complexity index is 1030. The van der Waals surface area contributed by atoms with Crippen LogP contribution in [-0.4, -0.2) is 24.3 Å². The van der Waals surface area contributed by atoms with E-state index in [9.17, 15) is 14.9 Å². The first-order chi connectivity index (χ1) is 13.4. The van der Waals surface area contributed by atoms with Gasteiger partial charge in [-0.2, -0.15) is 0 Å². The predicted octanol–water partition coefficient (Wildman–Crippen LogP) is 6.09. The molecule has 3 aromatic carbocycles. The Hall–Kier alpha value is -2.83. The first-order valence-corrected chi connectivity index (χ1v) is 9.86. The quantitative estimate of drug-likeness (QED) is 0.219. The summed E-state index contributed by atoms with van der Waals surface area (Å²) in [7, 11) is 1.33.